The van der Waals surface area contributed by atoms with E-state index in [4.69, 9.17) is 12.2 Å². The largest absolute Gasteiger partial charge is 0.284 e. The fourth-order valence-electron chi connectivity index (χ4n) is 2.85. The van der Waals surface area contributed by atoms with Crippen LogP contribution in [0.4, 0.5) is 0 Å². The first-order valence-electron chi connectivity index (χ1n) is 9.05. The Morgan fingerprint density at radius 3 is 2.07 bits per heavy atom. The van der Waals surface area contributed by atoms with E-state index in [-0.39, 0.29) is 17.4 Å². The number of nitrogens with zero attached hydrogens (tertiary/aromatic N) is 2. The van der Waals surface area contributed by atoms with Gasteiger partial charge in [-0.05, 0) is 43.3 Å². The zero-order valence-electron chi connectivity index (χ0n) is 15.3. The first-order chi connectivity index (χ1) is 13.0. The smallest absolute Gasteiger partial charge is 0.267 e. The maximum absolute atomic E-state index is 13.2. The van der Waals surface area contributed by atoms with Gasteiger partial charge in [0.05, 0.1) is 4.24 Å². The fraction of sp³-hybridized carbons (Fsp3) is 0.421. The quantitative estimate of drug-likeness (QED) is 0.306. The second kappa shape index (κ2) is 9.11. The van der Waals surface area contributed by atoms with Gasteiger partial charge in [-0.2, -0.15) is 0 Å². The van der Waals surface area contributed by atoms with Gasteiger partial charge < -0.3 is 0 Å². The molecule has 0 spiro atoms. The van der Waals surface area contributed by atoms with Crippen LogP contribution in [0.2, 0.25) is 0 Å². The number of hydrogen-bond donors (Lipinski definition) is 0. The summed E-state index contributed by atoms with van der Waals surface area (Å²) >= 11 is 12.0. The van der Waals surface area contributed by atoms with Crippen molar-refractivity contribution in [3.63, 3.8) is 0 Å². The van der Waals surface area contributed by atoms with Crippen LogP contribution in [-0.2, 0) is 9.59 Å². The molecule has 2 heterocycles. The van der Waals surface area contributed by atoms with Crippen molar-refractivity contribution < 1.29 is 9.59 Å². The van der Waals surface area contributed by atoms with E-state index in [1.807, 2.05) is 18.2 Å². The molecule has 0 unspecified atom stereocenters. The van der Waals surface area contributed by atoms with E-state index in [0.29, 0.717) is 18.2 Å². The molecule has 0 aliphatic carbocycles. The summed E-state index contributed by atoms with van der Waals surface area (Å²) in [6.45, 7) is 5.26. The summed E-state index contributed by atoms with van der Waals surface area (Å²) in [6, 6.07) is 6.00. The first kappa shape index (κ1) is 20.9. The molecule has 0 saturated carbocycles. The van der Waals surface area contributed by atoms with E-state index in [1.165, 1.54) is 23.5 Å². The van der Waals surface area contributed by atoms with Crippen molar-refractivity contribution in [1.82, 2.24) is 9.80 Å². The van der Waals surface area contributed by atoms with E-state index in [1.54, 1.807) is 9.80 Å². The van der Waals surface area contributed by atoms with Crippen LogP contribution >= 0.6 is 51.7 Å². The molecular weight excluding hydrogens is 464 g/mol. The molecule has 4 nitrogen and oxygen atoms in total. The SMILES string of the molecule is CCCCN1C(=O)C(=C2Sc3ccc(Br)cc3S2)C(=O)N(CCCC)C1=S. The molecule has 8 heteroatoms. The number of hydrogen-bond acceptors (Lipinski definition) is 5. The number of halogens is 1. The standard InChI is InChI=1S/C19H21BrN2O2S3/c1-3-5-9-21-16(23)15(17(24)22(19(21)25)10-6-4-2)18-26-13-8-7-12(20)11-14(13)27-18/h7-8,11H,3-6,9-10H2,1-2H3. The number of thiocarbonyl (C=S) groups is 1. The third kappa shape index (κ3) is 4.28. The van der Waals surface area contributed by atoms with Crippen LogP contribution in [0.15, 0.2) is 42.3 Å². The number of thioether (sulfide) groups is 2. The minimum atomic E-state index is -0.256. The van der Waals surface area contributed by atoms with E-state index >= 15 is 0 Å². The normalized spacial score (nSPS) is 17.2. The number of carbonyl (C=O) groups excluding carboxylic acids is 2. The molecule has 1 aromatic rings. The maximum atomic E-state index is 13.2. The summed E-state index contributed by atoms with van der Waals surface area (Å²) in [4.78, 5) is 31.7. The average Bonchev–Trinajstić information content (AvgIpc) is 3.04. The summed E-state index contributed by atoms with van der Waals surface area (Å²) in [6.07, 6.45) is 3.64. The van der Waals surface area contributed by atoms with Crippen molar-refractivity contribution in [2.45, 2.75) is 49.3 Å². The summed E-state index contributed by atoms with van der Waals surface area (Å²) in [5, 5.41) is 0.351. The van der Waals surface area contributed by atoms with Crippen molar-refractivity contribution in [2.75, 3.05) is 13.1 Å². The van der Waals surface area contributed by atoms with Crippen LogP contribution in [0.25, 0.3) is 0 Å². The molecule has 27 heavy (non-hydrogen) atoms. The van der Waals surface area contributed by atoms with Crippen LogP contribution in [0, 0.1) is 0 Å². The molecule has 2 amide bonds. The average molecular weight is 485 g/mol. The molecule has 1 fully saturated rings. The second-order valence-corrected chi connectivity index (χ2v) is 10.0. The van der Waals surface area contributed by atoms with Gasteiger partial charge in [-0.3, -0.25) is 19.4 Å². The minimum absolute atomic E-state index is 0.256. The summed E-state index contributed by atoms with van der Waals surface area (Å²) < 4.78 is 1.74. The number of unbranched alkanes of at least 4 members (excludes halogenated alkanes) is 2. The van der Waals surface area contributed by atoms with Gasteiger partial charge in [-0.25, -0.2) is 0 Å². The first-order valence-corrected chi connectivity index (χ1v) is 11.9. The topological polar surface area (TPSA) is 40.6 Å². The van der Waals surface area contributed by atoms with Gasteiger partial charge in [-0.15, -0.1) is 0 Å². The highest BCUT2D eigenvalue weighted by Gasteiger charge is 2.42. The van der Waals surface area contributed by atoms with Gasteiger partial charge in [0.1, 0.15) is 5.57 Å². The molecule has 0 atom stereocenters. The summed E-state index contributed by atoms with van der Waals surface area (Å²) in [7, 11) is 0. The Balaban J connectivity index is 1.98. The fourth-order valence-corrected chi connectivity index (χ4v) is 6.27. The summed E-state index contributed by atoms with van der Waals surface area (Å²) in [5.74, 6) is -0.513. The number of rotatable bonds is 6. The molecule has 2 aliphatic rings. The predicted molar refractivity (Wildman–Crippen MR) is 119 cm³/mol. The van der Waals surface area contributed by atoms with E-state index in [2.05, 4.69) is 29.8 Å². The maximum Gasteiger partial charge on any atom is 0.267 e. The number of fused-ring (bicyclic) bond motifs is 1. The Labute approximate surface area is 182 Å². The Bertz CT molecular complexity index is 793. The lowest BCUT2D eigenvalue weighted by atomic mass is 10.1. The highest BCUT2D eigenvalue weighted by Crippen LogP contribution is 2.53. The van der Waals surface area contributed by atoms with Crippen LogP contribution in [0.3, 0.4) is 0 Å². The zero-order valence-corrected chi connectivity index (χ0v) is 19.3. The van der Waals surface area contributed by atoms with Crippen LogP contribution in [0.5, 0.6) is 0 Å². The number of benzene rings is 1. The Morgan fingerprint density at radius 1 is 0.963 bits per heavy atom. The van der Waals surface area contributed by atoms with E-state index in [0.717, 1.165) is 44.2 Å². The predicted octanol–water partition coefficient (Wildman–Crippen LogP) is 5.41. The highest BCUT2D eigenvalue weighted by atomic mass is 79.9. The number of amides is 2. The van der Waals surface area contributed by atoms with Crippen molar-refractivity contribution in [3.8, 4) is 0 Å². The van der Waals surface area contributed by atoms with Crippen molar-refractivity contribution in [2.24, 2.45) is 0 Å². The van der Waals surface area contributed by atoms with Gasteiger partial charge >= 0.3 is 0 Å². The summed E-state index contributed by atoms with van der Waals surface area (Å²) in [5.41, 5.74) is 0.262. The Hall–Kier alpha value is -0.830. The molecular formula is C19H21BrN2O2S3. The highest BCUT2D eigenvalue weighted by molar-refractivity contribution is 9.10. The molecule has 1 aromatic carbocycles. The molecule has 2 aliphatic heterocycles. The molecule has 0 N–H and O–H groups in total. The molecule has 1 saturated heterocycles. The van der Waals surface area contributed by atoms with Crippen LogP contribution in [0.1, 0.15) is 39.5 Å². The zero-order chi connectivity index (χ0) is 19.6. The van der Waals surface area contributed by atoms with Crippen molar-refractivity contribution >= 4 is 68.6 Å². The molecule has 144 valence electrons. The Kier molecular flexibility index (Phi) is 7.05. The monoisotopic (exact) mass is 484 g/mol. The minimum Gasteiger partial charge on any atom is -0.284 e. The third-order valence-corrected chi connectivity index (χ3v) is 7.84. The molecule has 0 aromatic heterocycles. The second-order valence-electron chi connectivity index (χ2n) is 6.36. The molecule has 3 rings (SSSR count). The van der Waals surface area contributed by atoms with Gasteiger partial charge in [0.25, 0.3) is 11.8 Å². The van der Waals surface area contributed by atoms with E-state index in [9.17, 15) is 9.59 Å². The van der Waals surface area contributed by atoms with Gasteiger partial charge in [0, 0.05) is 27.4 Å². The molecule has 0 bridgehead atoms. The van der Waals surface area contributed by atoms with Gasteiger partial charge in [0.2, 0.25) is 0 Å². The van der Waals surface area contributed by atoms with Crippen LogP contribution < -0.4 is 0 Å². The van der Waals surface area contributed by atoms with Gasteiger partial charge in [0.15, 0.2) is 5.11 Å². The third-order valence-electron chi connectivity index (χ3n) is 4.37. The lowest BCUT2D eigenvalue weighted by molar-refractivity contribution is -0.133. The van der Waals surface area contributed by atoms with Gasteiger partial charge in [-0.1, -0.05) is 66.1 Å². The lowest BCUT2D eigenvalue weighted by Crippen LogP contribution is -2.56. The molecule has 0 radical (unpaired) electrons. The van der Waals surface area contributed by atoms with Crippen molar-refractivity contribution in [1.29, 1.82) is 0 Å². The number of carbonyl (C=O) groups is 2. The lowest BCUT2D eigenvalue weighted by Gasteiger charge is -2.37. The van der Waals surface area contributed by atoms with Crippen molar-refractivity contribution in [3.05, 3.63) is 32.5 Å². The van der Waals surface area contributed by atoms with E-state index < -0.39 is 0 Å². The van der Waals surface area contributed by atoms with Crippen LogP contribution in [-0.4, -0.2) is 39.8 Å². The Morgan fingerprint density at radius 2 is 1.52 bits per heavy atom.